The van der Waals surface area contributed by atoms with Crippen molar-refractivity contribution in [2.45, 2.75) is 33.2 Å². The van der Waals surface area contributed by atoms with Crippen molar-refractivity contribution in [2.24, 2.45) is 11.1 Å². The van der Waals surface area contributed by atoms with Gasteiger partial charge in [-0.25, -0.2) is 4.98 Å². The van der Waals surface area contributed by atoms with Gasteiger partial charge in [0.25, 0.3) is 0 Å². The van der Waals surface area contributed by atoms with Gasteiger partial charge in [-0.05, 0) is 17.5 Å². The first-order valence-corrected chi connectivity index (χ1v) is 6.52. The van der Waals surface area contributed by atoms with Crippen LogP contribution in [0.5, 0.6) is 0 Å². The molecular formula is C15H20N4. The van der Waals surface area contributed by atoms with Crippen LogP contribution in [-0.4, -0.2) is 16.1 Å². The number of nitrogens with zero attached hydrogens (tertiary/aromatic N) is 3. The Morgan fingerprint density at radius 3 is 2.63 bits per heavy atom. The number of imidazole rings is 1. The lowest BCUT2D eigenvalue weighted by Crippen LogP contribution is -2.32. The SMILES string of the molecule is CC(C)(C)C(CN)n1c(CC#N)nc2ccccc21. The molecule has 0 aliphatic rings. The Balaban J connectivity index is 2.68. The molecule has 1 atom stereocenters. The minimum Gasteiger partial charge on any atom is -0.328 e. The van der Waals surface area contributed by atoms with Crippen LogP contribution in [-0.2, 0) is 6.42 Å². The number of nitrogens with two attached hydrogens (primary N) is 1. The maximum Gasteiger partial charge on any atom is 0.124 e. The number of rotatable bonds is 3. The van der Waals surface area contributed by atoms with E-state index in [9.17, 15) is 0 Å². The van der Waals surface area contributed by atoms with Crippen molar-refractivity contribution in [2.75, 3.05) is 6.54 Å². The predicted octanol–water partition coefficient (Wildman–Crippen LogP) is 2.65. The van der Waals surface area contributed by atoms with Crippen molar-refractivity contribution >= 4 is 11.0 Å². The Hall–Kier alpha value is -1.86. The lowest BCUT2D eigenvalue weighted by Gasteiger charge is -2.32. The first-order chi connectivity index (χ1) is 8.99. The number of hydrogen-bond donors (Lipinski definition) is 1. The molecule has 2 aromatic rings. The lowest BCUT2D eigenvalue weighted by molar-refractivity contribution is 0.250. The van der Waals surface area contributed by atoms with Crippen LogP contribution in [0.4, 0.5) is 0 Å². The number of para-hydroxylation sites is 2. The highest BCUT2D eigenvalue weighted by molar-refractivity contribution is 5.76. The Labute approximate surface area is 113 Å². The van der Waals surface area contributed by atoms with E-state index in [2.05, 4.69) is 36.4 Å². The molecule has 0 saturated heterocycles. The molecule has 0 aliphatic heterocycles. The average molecular weight is 256 g/mol. The second-order valence-corrected chi connectivity index (χ2v) is 5.84. The van der Waals surface area contributed by atoms with E-state index in [1.165, 1.54) is 0 Å². The first-order valence-electron chi connectivity index (χ1n) is 6.52. The zero-order valence-corrected chi connectivity index (χ0v) is 11.7. The van der Waals surface area contributed by atoms with Crippen LogP contribution in [0, 0.1) is 16.7 Å². The molecule has 0 aliphatic carbocycles. The fourth-order valence-corrected chi connectivity index (χ4v) is 2.48. The minimum atomic E-state index is 0.0163. The molecular weight excluding hydrogens is 236 g/mol. The van der Waals surface area contributed by atoms with Crippen molar-refractivity contribution in [3.8, 4) is 6.07 Å². The van der Waals surface area contributed by atoms with E-state index >= 15 is 0 Å². The lowest BCUT2D eigenvalue weighted by atomic mass is 9.86. The maximum atomic E-state index is 8.99. The Morgan fingerprint density at radius 1 is 1.37 bits per heavy atom. The summed E-state index contributed by atoms with van der Waals surface area (Å²) in [5.41, 5.74) is 7.97. The molecule has 4 nitrogen and oxygen atoms in total. The molecule has 0 amide bonds. The van der Waals surface area contributed by atoms with E-state index in [1.807, 2.05) is 24.3 Å². The Morgan fingerprint density at radius 2 is 2.05 bits per heavy atom. The van der Waals surface area contributed by atoms with Gasteiger partial charge in [0.05, 0.1) is 29.6 Å². The minimum absolute atomic E-state index is 0.0163. The van der Waals surface area contributed by atoms with Crippen molar-refractivity contribution < 1.29 is 0 Å². The van der Waals surface area contributed by atoms with Gasteiger partial charge in [-0.2, -0.15) is 5.26 Å². The van der Waals surface area contributed by atoms with Crippen LogP contribution in [0.3, 0.4) is 0 Å². The van der Waals surface area contributed by atoms with Crippen molar-refractivity contribution in [3.05, 3.63) is 30.1 Å². The van der Waals surface area contributed by atoms with Gasteiger partial charge in [-0.1, -0.05) is 32.9 Å². The number of aromatic nitrogens is 2. The molecule has 100 valence electrons. The molecule has 0 fully saturated rings. The summed E-state index contributed by atoms with van der Waals surface area (Å²) in [6, 6.07) is 10.3. The molecule has 0 saturated carbocycles. The topological polar surface area (TPSA) is 67.6 Å². The van der Waals surface area contributed by atoms with Gasteiger partial charge in [-0.3, -0.25) is 0 Å². The number of benzene rings is 1. The van der Waals surface area contributed by atoms with E-state index in [-0.39, 0.29) is 11.5 Å². The van der Waals surface area contributed by atoms with E-state index in [1.54, 1.807) is 0 Å². The number of fused-ring (bicyclic) bond motifs is 1. The third-order valence-electron chi connectivity index (χ3n) is 3.44. The number of hydrogen-bond acceptors (Lipinski definition) is 3. The smallest absolute Gasteiger partial charge is 0.124 e. The average Bonchev–Trinajstić information content (AvgIpc) is 2.68. The largest absolute Gasteiger partial charge is 0.328 e. The van der Waals surface area contributed by atoms with Crippen molar-refractivity contribution in [1.29, 1.82) is 5.26 Å². The molecule has 0 bridgehead atoms. The third kappa shape index (κ3) is 2.47. The van der Waals surface area contributed by atoms with Gasteiger partial charge < -0.3 is 10.3 Å². The van der Waals surface area contributed by atoms with Crippen LogP contribution >= 0.6 is 0 Å². The van der Waals surface area contributed by atoms with Crippen LogP contribution < -0.4 is 5.73 Å². The van der Waals surface area contributed by atoms with Crippen LogP contribution in [0.25, 0.3) is 11.0 Å². The molecule has 1 aromatic carbocycles. The quantitative estimate of drug-likeness (QED) is 0.918. The van der Waals surface area contributed by atoms with Gasteiger partial charge >= 0.3 is 0 Å². The summed E-state index contributed by atoms with van der Waals surface area (Å²) in [5.74, 6) is 0.800. The summed E-state index contributed by atoms with van der Waals surface area (Å²) < 4.78 is 2.14. The monoisotopic (exact) mass is 256 g/mol. The standard InChI is InChI=1S/C15H20N4/c1-15(2,3)13(10-17)19-12-7-5-4-6-11(12)18-14(19)8-9-16/h4-7,13H,8,10,17H2,1-3H3. The summed E-state index contributed by atoms with van der Waals surface area (Å²) >= 11 is 0. The zero-order valence-electron chi connectivity index (χ0n) is 11.7. The van der Waals surface area contributed by atoms with Crippen LogP contribution in [0.1, 0.15) is 32.6 Å². The normalized spacial score (nSPS) is 13.4. The van der Waals surface area contributed by atoms with Gasteiger partial charge in [0, 0.05) is 6.54 Å². The molecule has 2 N–H and O–H groups in total. The number of nitriles is 1. The molecule has 0 spiro atoms. The first kappa shape index (κ1) is 13.6. The predicted molar refractivity (Wildman–Crippen MR) is 76.6 cm³/mol. The van der Waals surface area contributed by atoms with Crippen LogP contribution in [0.15, 0.2) is 24.3 Å². The molecule has 0 radical (unpaired) electrons. The molecule has 2 rings (SSSR count). The van der Waals surface area contributed by atoms with E-state index in [4.69, 9.17) is 11.0 Å². The summed E-state index contributed by atoms with van der Waals surface area (Å²) in [6.45, 7) is 7.02. The summed E-state index contributed by atoms with van der Waals surface area (Å²) in [6.07, 6.45) is 0.307. The third-order valence-corrected chi connectivity index (χ3v) is 3.44. The maximum absolute atomic E-state index is 8.99. The summed E-state index contributed by atoms with van der Waals surface area (Å²) in [5, 5.41) is 8.99. The van der Waals surface area contributed by atoms with Gasteiger partial charge in [0.15, 0.2) is 0 Å². The summed E-state index contributed by atoms with van der Waals surface area (Å²) in [7, 11) is 0. The van der Waals surface area contributed by atoms with E-state index in [0.717, 1.165) is 16.9 Å². The summed E-state index contributed by atoms with van der Waals surface area (Å²) in [4.78, 5) is 4.57. The second-order valence-electron chi connectivity index (χ2n) is 5.84. The Kier molecular flexibility index (Phi) is 3.59. The van der Waals surface area contributed by atoms with Gasteiger partial charge in [0.2, 0.25) is 0 Å². The molecule has 19 heavy (non-hydrogen) atoms. The molecule has 1 heterocycles. The molecule has 1 aromatic heterocycles. The Bertz CT molecular complexity index is 613. The van der Waals surface area contributed by atoms with E-state index < -0.39 is 0 Å². The van der Waals surface area contributed by atoms with Crippen molar-refractivity contribution in [3.63, 3.8) is 0 Å². The van der Waals surface area contributed by atoms with Crippen LogP contribution in [0.2, 0.25) is 0 Å². The highest BCUT2D eigenvalue weighted by atomic mass is 15.1. The van der Waals surface area contributed by atoms with Gasteiger partial charge in [0.1, 0.15) is 5.82 Å². The molecule has 1 unspecified atom stereocenters. The fourth-order valence-electron chi connectivity index (χ4n) is 2.48. The van der Waals surface area contributed by atoms with Crippen molar-refractivity contribution in [1.82, 2.24) is 9.55 Å². The highest BCUT2D eigenvalue weighted by Crippen LogP contribution is 2.33. The zero-order chi connectivity index (χ0) is 14.0. The highest BCUT2D eigenvalue weighted by Gasteiger charge is 2.28. The fraction of sp³-hybridized carbons (Fsp3) is 0.467. The van der Waals surface area contributed by atoms with E-state index in [0.29, 0.717) is 13.0 Å². The second kappa shape index (κ2) is 5.02. The molecule has 4 heteroatoms. The van der Waals surface area contributed by atoms with Gasteiger partial charge in [-0.15, -0.1) is 0 Å².